The third kappa shape index (κ3) is 2.31. The van der Waals surface area contributed by atoms with Gasteiger partial charge in [0.25, 0.3) is 0 Å². The fraction of sp³-hybridized carbons (Fsp3) is 0.200. The number of nitrogens with one attached hydrogen (secondary N) is 1. The number of nitrogens with two attached hydrogens (primary N) is 1. The topological polar surface area (TPSA) is 67.6 Å². The summed E-state index contributed by atoms with van der Waals surface area (Å²) in [7, 11) is 0. The summed E-state index contributed by atoms with van der Waals surface area (Å²) < 4.78 is 0. The van der Waals surface area contributed by atoms with Crippen molar-refractivity contribution >= 4 is 29.1 Å². The number of halogens is 1. The van der Waals surface area contributed by atoms with Gasteiger partial charge in [-0.1, -0.05) is 24.6 Å². The Balaban J connectivity index is 2.26. The highest BCUT2D eigenvalue weighted by Crippen LogP contribution is 2.35. The molecule has 0 aliphatic heterocycles. The molecule has 3 N–H and O–H groups in total. The summed E-state index contributed by atoms with van der Waals surface area (Å²) in [5.74, 6) is 0.855. The molecule has 0 radical (unpaired) electrons. The molecule has 0 saturated heterocycles. The van der Waals surface area contributed by atoms with E-state index in [9.17, 15) is 0 Å². The quantitative estimate of drug-likeness (QED) is 0.827. The minimum atomic E-state index is 0.618. The van der Waals surface area contributed by atoms with Gasteiger partial charge in [0.15, 0.2) is 0 Å². The number of aromatic amines is 1. The number of hydrogen-bond donors (Lipinski definition) is 2. The molecule has 6 heteroatoms. The average molecular weight is 255 g/mol. The molecule has 0 aliphatic rings. The highest BCUT2D eigenvalue weighted by Gasteiger charge is 2.10. The van der Waals surface area contributed by atoms with Gasteiger partial charge in [0.1, 0.15) is 5.82 Å². The number of hydrogen-bond acceptors (Lipinski definition) is 4. The van der Waals surface area contributed by atoms with Gasteiger partial charge in [0, 0.05) is 12.1 Å². The van der Waals surface area contributed by atoms with E-state index in [1.54, 1.807) is 6.07 Å². The zero-order valence-corrected chi connectivity index (χ0v) is 10.3. The highest BCUT2D eigenvalue weighted by atomic mass is 35.5. The van der Waals surface area contributed by atoms with Crippen LogP contribution in [-0.4, -0.2) is 15.2 Å². The first-order chi connectivity index (χ1) is 7.70. The Labute approximate surface area is 103 Å². The number of aromatic nitrogens is 3. The van der Waals surface area contributed by atoms with Crippen LogP contribution in [0.25, 0.3) is 0 Å². The Morgan fingerprint density at radius 1 is 1.50 bits per heavy atom. The van der Waals surface area contributed by atoms with Crippen LogP contribution in [0.4, 0.5) is 5.69 Å². The number of H-pyrrole nitrogens is 1. The van der Waals surface area contributed by atoms with Crippen LogP contribution in [0.5, 0.6) is 0 Å². The van der Waals surface area contributed by atoms with E-state index < -0.39 is 0 Å². The largest absolute Gasteiger partial charge is 0.398 e. The van der Waals surface area contributed by atoms with Crippen LogP contribution in [0.15, 0.2) is 28.3 Å². The van der Waals surface area contributed by atoms with Crippen molar-refractivity contribution in [3.8, 4) is 0 Å². The molecule has 0 spiro atoms. The minimum absolute atomic E-state index is 0.618. The predicted molar refractivity (Wildman–Crippen MR) is 65.7 cm³/mol. The maximum absolute atomic E-state index is 6.05. The number of aryl methyl sites for hydroxylation is 1. The number of anilines is 1. The zero-order valence-electron chi connectivity index (χ0n) is 8.70. The van der Waals surface area contributed by atoms with Crippen molar-refractivity contribution in [1.82, 2.24) is 15.2 Å². The molecule has 1 aromatic carbocycles. The summed E-state index contributed by atoms with van der Waals surface area (Å²) in [6, 6.07) is 5.42. The van der Waals surface area contributed by atoms with Crippen molar-refractivity contribution in [2.24, 2.45) is 0 Å². The molecular formula is C10H11ClN4S. The number of nitrogen functional groups attached to an aromatic ring is 1. The third-order valence-corrected chi connectivity index (χ3v) is 3.49. The van der Waals surface area contributed by atoms with Crippen LogP contribution in [0.3, 0.4) is 0 Å². The summed E-state index contributed by atoms with van der Waals surface area (Å²) in [4.78, 5) is 5.09. The first kappa shape index (κ1) is 11.3. The molecule has 0 aliphatic carbocycles. The Morgan fingerprint density at radius 3 is 2.94 bits per heavy atom. The lowest BCUT2D eigenvalue weighted by Gasteiger charge is -2.03. The molecule has 0 atom stereocenters. The van der Waals surface area contributed by atoms with E-state index in [1.165, 1.54) is 11.8 Å². The third-order valence-electron chi connectivity index (χ3n) is 2.04. The summed E-state index contributed by atoms with van der Waals surface area (Å²) in [5.41, 5.74) is 6.48. The molecule has 84 valence electrons. The normalized spacial score (nSPS) is 10.6. The van der Waals surface area contributed by atoms with Gasteiger partial charge in [-0.15, -0.1) is 5.10 Å². The van der Waals surface area contributed by atoms with Crippen LogP contribution >= 0.6 is 23.4 Å². The van der Waals surface area contributed by atoms with Gasteiger partial charge in [0.05, 0.1) is 9.92 Å². The fourth-order valence-corrected chi connectivity index (χ4v) is 2.28. The second kappa shape index (κ2) is 4.76. The Bertz CT molecular complexity index is 477. The molecule has 1 heterocycles. The van der Waals surface area contributed by atoms with Crippen LogP contribution in [-0.2, 0) is 6.42 Å². The average Bonchev–Trinajstić information content (AvgIpc) is 2.71. The molecule has 4 nitrogen and oxygen atoms in total. The SMILES string of the molecule is CCc1nc(Sc2c(N)cccc2Cl)n[nH]1. The van der Waals surface area contributed by atoms with Gasteiger partial charge in [-0.2, -0.15) is 0 Å². The summed E-state index contributed by atoms with van der Waals surface area (Å²) in [5, 5.41) is 8.18. The maximum Gasteiger partial charge on any atom is 0.213 e. The van der Waals surface area contributed by atoms with Gasteiger partial charge >= 0.3 is 0 Å². The first-order valence-electron chi connectivity index (χ1n) is 4.84. The van der Waals surface area contributed by atoms with Gasteiger partial charge < -0.3 is 5.73 Å². The Hall–Kier alpha value is -1.20. The van der Waals surface area contributed by atoms with Crippen molar-refractivity contribution in [3.05, 3.63) is 29.0 Å². The standard InChI is InChI=1S/C10H11ClN4S/c1-2-8-13-10(15-14-8)16-9-6(11)4-3-5-7(9)12/h3-5H,2,12H2,1H3,(H,13,14,15). The molecule has 0 fully saturated rings. The van der Waals surface area contributed by atoms with E-state index in [1.807, 2.05) is 19.1 Å². The monoisotopic (exact) mass is 254 g/mol. The number of rotatable bonds is 3. The molecule has 0 bridgehead atoms. The predicted octanol–water partition coefficient (Wildman–Crippen LogP) is 2.75. The molecule has 2 rings (SSSR count). The zero-order chi connectivity index (χ0) is 11.5. The van der Waals surface area contributed by atoms with Gasteiger partial charge in [-0.05, 0) is 23.9 Å². The number of benzene rings is 1. The second-order valence-corrected chi connectivity index (χ2v) is 4.56. The number of nitrogens with zero attached hydrogens (tertiary/aromatic N) is 2. The van der Waals surface area contributed by atoms with Crippen LogP contribution in [0.2, 0.25) is 5.02 Å². The molecule has 0 amide bonds. The smallest absolute Gasteiger partial charge is 0.213 e. The minimum Gasteiger partial charge on any atom is -0.398 e. The lowest BCUT2D eigenvalue weighted by atomic mass is 10.3. The Morgan fingerprint density at radius 2 is 2.31 bits per heavy atom. The molecule has 2 aromatic rings. The molecular weight excluding hydrogens is 244 g/mol. The van der Waals surface area contributed by atoms with E-state index in [0.29, 0.717) is 15.9 Å². The highest BCUT2D eigenvalue weighted by molar-refractivity contribution is 7.99. The van der Waals surface area contributed by atoms with Crippen molar-refractivity contribution in [2.75, 3.05) is 5.73 Å². The summed E-state index contributed by atoms with van der Waals surface area (Å²) in [6.07, 6.45) is 0.825. The van der Waals surface area contributed by atoms with Crippen molar-refractivity contribution in [3.63, 3.8) is 0 Å². The van der Waals surface area contributed by atoms with Gasteiger partial charge in [-0.3, -0.25) is 5.10 Å². The molecule has 0 unspecified atom stereocenters. The van der Waals surface area contributed by atoms with Crippen molar-refractivity contribution in [2.45, 2.75) is 23.4 Å². The second-order valence-electron chi connectivity index (χ2n) is 3.18. The van der Waals surface area contributed by atoms with E-state index in [4.69, 9.17) is 17.3 Å². The van der Waals surface area contributed by atoms with Gasteiger partial charge in [0.2, 0.25) is 5.16 Å². The van der Waals surface area contributed by atoms with Crippen molar-refractivity contribution in [1.29, 1.82) is 0 Å². The fourth-order valence-electron chi connectivity index (χ4n) is 1.21. The van der Waals surface area contributed by atoms with E-state index in [2.05, 4.69) is 15.2 Å². The molecule has 1 aromatic heterocycles. The maximum atomic E-state index is 6.05. The lowest BCUT2D eigenvalue weighted by Crippen LogP contribution is -1.89. The van der Waals surface area contributed by atoms with Gasteiger partial charge in [-0.25, -0.2) is 4.98 Å². The van der Waals surface area contributed by atoms with E-state index in [-0.39, 0.29) is 0 Å². The van der Waals surface area contributed by atoms with Crippen LogP contribution < -0.4 is 5.73 Å². The summed E-state index contributed by atoms with van der Waals surface area (Å²) in [6.45, 7) is 2.01. The molecule has 16 heavy (non-hydrogen) atoms. The van der Waals surface area contributed by atoms with Crippen molar-refractivity contribution < 1.29 is 0 Å². The molecule has 0 saturated carbocycles. The van der Waals surface area contributed by atoms with E-state index >= 15 is 0 Å². The van der Waals surface area contributed by atoms with E-state index in [0.717, 1.165) is 17.1 Å². The first-order valence-corrected chi connectivity index (χ1v) is 6.03. The Kier molecular flexibility index (Phi) is 3.36. The summed E-state index contributed by atoms with van der Waals surface area (Å²) >= 11 is 7.42. The van der Waals surface area contributed by atoms with Crippen LogP contribution in [0, 0.1) is 0 Å². The lowest BCUT2D eigenvalue weighted by molar-refractivity contribution is 0.941. The van der Waals surface area contributed by atoms with Crippen LogP contribution in [0.1, 0.15) is 12.7 Å².